The van der Waals surface area contributed by atoms with Gasteiger partial charge in [0.2, 0.25) is 10.0 Å². The van der Waals surface area contributed by atoms with Gasteiger partial charge in [0, 0.05) is 31.8 Å². The Balaban J connectivity index is 1.70. The number of hydrogen-bond acceptors (Lipinski definition) is 4. The molecule has 2 aliphatic rings. The van der Waals surface area contributed by atoms with Crippen LogP contribution in [0.2, 0.25) is 0 Å². The highest BCUT2D eigenvalue weighted by atomic mass is 32.2. The van der Waals surface area contributed by atoms with E-state index < -0.39 is 15.8 Å². The fourth-order valence-corrected chi connectivity index (χ4v) is 5.39. The molecule has 0 saturated carbocycles. The number of likely N-dealkylation sites (N-methyl/N-ethyl adjacent to an activating group) is 1. The van der Waals surface area contributed by atoms with E-state index in [0.717, 1.165) is 32.1 Å². The van der Waals surface area contributed by atoms with Gasteiger partial charge in [-0.15, -0.1) is 0 Å². The van der Waals surface area contributed by atoms with Crippen LogP contribution >= 0.6 is 0 Å². The number of rotatable bonds is 5. The van der Waals surface area contributed by atoms with Crippen LogP contribution in [0.1, 0.15) is 19.8 Å². The summed E-state index contributed by atoms with van der Waals surface area (Å²) in [6.45, 7) is 5.31. The smallest absolute Gasteiger partial charge is 0.243 e. The van der Waals surface area contributed by atoms with Crippen molar-refractivity contribution in [2.45, 2.75) is 30.2 Å². The number of likely N-dealkylation sites (tertiary alicyclic amines) is 1. The summed E-state index contributed by atoms with van der Waals surface area (Å²) in [4.78, 5) is 2.30. The summed E-state index contributed by atoms with van der Waals surface area (Å²) in [7, 11) is -1.56. The van der Waals surface area contributed by atoms with E-state index in [1.165, 1.54) is 22.5 Å². The second-order valence-electron chi connectivity index (χ2n) is 6.89. The van der Waals surface area contributed by atoms with Gasteiger partial charge < -0.3 is 4.74 Å². The summed E-state index contributed by atoms with van der Waals surface area (Å²) >= 11 is 0. The van der Waals surface area contributed by atoms with Crippen LogP contribution in [0, 0.1) is 11.7 Å². The number of halogens is 1. The number of hydrogen-bond donors (Lipinski definition) is 0. The highest BCUT2D eigenvalue weighted by Crippen LogP contribution is 2.40. The van der Waals surface area contributed by atoms with Crippen LogP contribution in [0.15, 0.2) is 29.2 Å². The Morgan fingerprint density at radius 2 is 2.12 bits per heavy atom. The van der Waals surface area contributed by atoms with Crippen molar-refractivity contribution < 1.29 is 17.5 Å². The molecule has 24 heavy (non-hydrogen) atoms. The highest BCUT2D eigenvalue weighted by Gasteiger charge is 2.53. The van der Waals surface area contributed by atoms with Gasteiger partial charge in [0.05, 0.1) is 4.90 Å². The van der Waals surface area contributed by atoms with Crippen molar-refractivity contribution in [2.75, 3.05) is 39.9 Å². The molecular formula is C17H25FN2O3S. The van der Waals surface area contributed by atoms with Crippen molar-refractivity contribution in [1.82, 2.24) is 9.21 Å². The molecule has 0 N–H and O–H groups in total. The van der Waals surface area contributed by atoms with Crippen LogP contribution in [0.25, 0.3) is 0 Å². The Morgan fingerprint density at radius 1 is 1.38 bits per heavy atom. The molecule has 5 nitrogen and oxygen atoms in total. The molecule has 2 saturated heterocycles. The standard InChI is InChI=1S/C17H25FN2O3S/c1-3-23-11-14-7-8-19(2)17(10-14)12-20(13-17)24(21,22)16-6-4-5-15(18)9-16/h4-6,9,14H,3,7-8,10-13H2,1-2H3/t14-/m1/s1. The van der Waals surface area contributed by atoms with E-state index in [4.69, 9.17) is 4.74 Å². The molecule has 0 unspecified atom stereocenters. The molecular weight excluding hydrogens is 331 g/mol. The zero-order valence-corrected chi connectivity index (χ0v) is 15.1. The van der Waals surface area contributed by atoms with E-state index in [2.05, 4.69) is 11.9 Å². The van der Waals surface area contributed by atoms with Gasteiger partial charge in [-0.1, -0.05) is 6.07 Å². The van der Waals surface area contributed by atoms with Crippen molar-refractivity contribution in [2.24, 2.45) is 5.92 Å². The summed E-state index contributed by atoms with van der Waals surface area (Å²) in [5.74, 6) is -0.0574. The lowest BCUT2D eigenvalue weighted by Gasteiger charge is -2.57. The summed E-state index contributed by atoms with van der Waals surface area (Å²) in [5.41, 5.74) is -0.111. The Bertz CT molecular complexity index is 687. The molecule has 1 aromatic carbocycles. The van der Waals surface area contributed by atoms with Gasteiger partial charge >= 0.3 is 0 Å². The largest absolute Gasteiger partial charge is 0.381 e. The Kier molecular flexibility index (Phi) is 4.97. The van der Waals surface area contributed by atoms with Gasteiger partial charge in [0.25, 0.3) is 0 Å². The van der Waals surface area contributed by atoms with Crippen LogP contribution in [0.3, 0.4) is 0 Å². The van der Waals surface area contributed by atoms with E-state index in [-0.39, 0.29) is 10.4 Å². The number of sulfonamides is 1. The third kappa shape index (κ3) is 3.22. The van der Waals surface area contributed by atoms with Crippen molar-refractivity contribution in [3.05, 3.63) is 30.1 Å². The summed E-state index contributed by atoms with van der Waals surface area (Å²) in [5, 5.41) is 0. The minimum Gasteiger partial charge on any atom is -0.381 e. The molecule has 1 aromatic rings. The van der Waals surface area contributed by atoms with Crippen LogP contribution in [0.4, 0.5) is 4.39 Å². The SMILES string of the molecule is CCOC[C@@H]1CCN(C)C2(C1)CN(S(=O)(=O)c1cccc(F)c1)C2. The Morgan fingerprint density at radius 3 is 2.79 bits per heavy atom. The number of ether oxygens (including phenoxy) is 1. The Hall–Kier alpha value is -1.02. The van der Waals surface area contributed by atoms with E-state index in [0.29, 0.717) is 25.6 Å². The maximum atomic E-state index is 13.4. The molecule has 1 spiro atoms. The minimum atomic E-state index is -3.62. The van der Waals surface area contributed by atoms with Gasteiger partial charge in [0.1, 0.15) is 5.82 Å². The zero-order valence-electron chi connectivity index (χ0n) is 14.2. The summed E-state index contributed by atoms with van der Waals surface area (Å²) < 4.78 is 45.7. The molecule has 0 bridgehead atoms. The summed E-state index contributed by atoms with van der Waals surface area (Å²) in [6.07, 6.45) is 2.02. The minimum absolute atomic E-state index is 0.0293. The van der Waals surface area contributed by atoms with E-state index in [1.54, 1.807) is 0 Å². The predicted octanol–water partition coefficient (Wildman–Crippen LogP) is 1.95. The van der Waals surface area contributed by atoms with E-state index in [1.807, 2.05) is 6.92 Å². The number of benzene rings is 1. The highest BCUT2D eigenvalue weighted by molar-refractivity contribution is 7.89. The van der Waals surface area contributed by atoms with Crippen LogP contribution in [0.5, 0.6) is 0 Å². The second kappa shape index (κ2) is 6.71. The van der Waals surface area contributed by atoms with Crippen molar-refractivity contribution in [1.29, 1.82) is 0 Å². The van der Waals surface area contributed by atoms with Gasteiger partial charge in [-0.2, -0.15) is 4.31 Å². The van der Waals surface area contributed by atoms with Gasteiger partial charge in [-0.05, 0) is 57.5 Å². The average molecular weight is 356 g/mol. The molecule has 3 rings (SSSR count). The van der Waals surface area contributed by atoms with E-state index >= 15 is 0 Å². The van der Waals surface area contributed by atoms with Crippen molar-refractivity contribution in [3.63, 3.8) is 0 Å². The number of piperidine rings is 1. The fourth-order valence-electron chi connectivity index (χ4n) is 3.76. The third-order valence-corrected chi connectivity index (χ3v) is 7.07. The summed E-state index contributed by atoms with van der Waals surface area (Å²) in [6, 6.07) is 5.22. The quantitative estimate of drug-likeness (QED) is 0.809. The van der Waals surface area contributed by atoms with Crippen LogP contribution < -0.4 is 0 Å². The average Bonchev–Trinajstić information content (AvgIpc) is 2.52. The first kappa shape index (κ1) is 17.8. The molecule has 2 fully saturated rings. The monoisotopic (exact) mass is 356 g/mol. The molecule has 2 heterocycles. The van der Waals surface area contributed by atoms with Gasteiger partial charge in [-0.3, -0.25) is 4.90 Å². The third-order valence-electron chi connectivity index (χ3n) is 5.28. The van der Waals surface area contributed by atoms with Crippen molar-refractivity contribution >= 4 is 10.0 Å². The van der Waals surface area contributed by atoms with Crippen LogP contribution in [-0.2, 0) is 14.8 Å². The maximum Gasteiger partial charge on any atom is 0.243 e. The second-order valence-corrected chi connectivity index (χ2v) is 8.83. The zero-order chi connectivity index (χ0) is 17.4. The van der Waals surface area contributed by atoms with Gasteiger partial charge in [0.15, 0.2) is 0 Å². The molecule has 134 valence electrons. The molecule has 0 amide bonds. The first-order chi connectivity index (χ1) is 11.4. The lowest BCUT2D eigenvalue weighted by atomic mass is 9.77. The molecule has 0 aliphatic carbocycles. The molecule has 0 radical (unpaired) electrons. The first-order valence-electron chi connectivity index (χ1n) is 8.42. The lowest BCUT2D eigenvalue weighted by Crippen LogP contribution is -2.72. The lowest BCUT2D eigenvalue weighted by molar-refractivity contribution is -0.0576. The molecule has 2 aliphatic heterocycles. The molecule has 0 aromatic heterocycles. The molecule has 1 atom stereocenters. The first-order valence-corrected chi connectivity index (χ1v) is 9.86. The van der Waals surface area contributed by atoms with Crippen LogP contribution in [-0.4, -0.2) is 63.1 Å². The van der Waals surface area contributed by atoms with Gasteiger partial charge in [-0.25, -0.2) is 12.8 Å². The maximum absolute atomic E-state index is 13.4. The molecule has 7 heteroatoms. The topological polar surface area (TPSA) is 49.9 Å². The van der Waals surface area contributed by atoms with E-state index in [9.17, 15) is 12.8 Å². The Labute approximate surface area is 143 Å². The number of nitrogens with zero attached hydrogens (tertiary/aromatic N) is 2. The van der Waals surface area contributed by atoms with Crippen molar-refractivity contribution in [3.8, 4) is 0 Å². The fraction of sp³-hybridized carbons (Fsp3) is 0.647. The predicted molar refractivity (Wildman–Crippen MR) is 89.7 cm³/mol. The normalized spacial score (nSPS) is 24.9.